The molecule has 1 aliphatic heterocycles. The summed E-state index contributed by atoms with van der Waals surface area (Å²) in [4.78, 5) is 12.4. The standard InChI is InChI=1S/C18H28N2O3/c1-4-16(18(22)20-10-13-9-19-11-15(13)21)23-17-8-6-5-7-14(17)12(2)3/h5-8,12-13,15-16,19,21H,4,9-11H2,1-3H3,(H,20,22). The first-order valence-electron chi connectivity index (χ1n) is 8.45. The number of amides is 1. The van der Waals surface area contributed by atoms with Gasteiger partial charge in [0.1, 0.15) is 5.75 Å². The molecule has 1 saturated heterocycles. The van der Waals surface area contributed by atoms with Crippen LogP contribution >= 0.6 is 0 Å². The molecule has 1 aromatic rings. The summed E-state index contributed by atoms with van der Waals surface area (Å²) in [5.41, 5.74) is 1.11. The van der Waals surface area contributed by atoms with Crippen molar-refractivity contribution in [3.63, 3.8) is 0 Å². The summed E-state index contributed by atoms with van der Waals surface area (Å²) in [6, 6.07) is 7.85. The van der Waals surface area contributed by atoms with Crippen LogP contribution in [0.25, 0.3) is 0 Å². The molecule has 0 aromatic heterocycles. The molecule has 2 rings (SSSR count). The van der Waals surface area contributed by atoms with Crippen LogP contribution in [0.2, 0.25) is 0 Å². The van der Waals surface area contributed by atoms with Crippen LogP contribution in [0.4, 0.5) is 0 Å². The van der Waals surface area contributed by atoms with Crippen molar-refractivity contribution in [3.05, 3.63) is 29.8 Å². The first-order chi connectivity index (χ1) is 11.0. The van der Waals surface area contributed by atoms with Crippen LogP contribution in [-0.2, 0) is 4.79 Å². The van der Waals surface area contributed by atoms with Gasteiger partial charge in [0.15, 0.2) is 6.10 Å². The first-order valence-corrected chi connectivity index (χ1v) is 8.45. The zero-order valence-corrected chi connectivity index (χ0v) is 14.2. The Hall–Kier alpha value is -1.59. The van der Waals surface area contributed by atoms with Crippen LogP contribution < -0.4 is 15.4 Å². The summed E-state index contributed by atoms with van der Waals surface area (Å²) in [5.74, 6) is 1.06. The maximum atomic E-state index is 12.4. The highest BCUT2D eigenvalue weighted by Crippen LogP contribution is 2.27. The normalized spacial score (nSPS) is 22.1. The quantitative estimate of drug-likeness (QED) is 0.715. The molecule has 5 heteroatoms. The molecule has 0 radical (unpaired) electrons. The van der Waals surface area contributed by atoms with Crippen LogP contribution in [0, 0.1) is 5.92 Å². The third-order valence-corrected chi connectivity index (χ3v) is 4.32. The Kier molecular flexibility index (Phi) is 6.42. The summed E-state index contributed by atoms with van der Waals surface area (Å²) >= 11 is 0. The van der Waals surface area contributed by atoms with E-state index in [0.29, 0.717) is 25.4 Å². The predicted octanol–water partition coefficient (Wildman–Crippen LogP) is 1.66. The second kappa shape index (κ2) is 8.31. The molecular formula is C18H28N2O3. The summed E-state index contributed by atoms with van der Waals surface area (Å²) in [6.45, 7) is 7.95. The molecule has 0 spiro atoms. The Bertz CT molecular complexity index is 519. The number of ether oxygens (including phenoxy) is 1. The molecule has 0 aliphatic carbocycles. The maximum Gasteiger partial charge on any atom is 0.261 e. The number of hydrogen-bond donors (Lipinski definition) is 3. The van der Waals surface area contributed by atoms with E-state index < -0.39 is 12.2 Å². The zero-order valence-electron chi connectivity index (χ0n) is 14.2. The fourth-order valence-electron chi connectivity index (χ4n) is 2.81. The summed E-state index contributed by atoms with van der Waals surface area (Å²) < 4.78 is 5.97. The third kappa shape index (κ3) is 4.69. The molecule has 23 heavy (non-hydrogen) atoms. The van der Waals surface area contributed by atoms with Gasteiger partial charge in [0.05, 0.1) is 6.10 Å². The highest BCUT2D eigenvalue weighted by atomic mass is 16.5. The Morgan fingerprint density at radius 2 is 2.13 bits per heavy atom. The van der Waals surface area contributed by atoms with E-state index in [0.717, 1.165) is 17.9 Å². The summed E-state index contributed by atoms with van der Waals surface area (Å²) in [6.07, 6.45) is -0.302. The number of para-hydroxylation sites is 1. The largest absolute Gasteiger partial charge is 0.480 e. The van der Waals surface area contributed by atoms with Crippen molar-refractivity contribution in [1.82, 2.24) is 10.6 Å². The van der Waals surface area contributed by atoms with Gasteiger partial charge in [-0.25, -0.2) is 0 Å². The van der Waals surface area contributed by atoms with Gasteiger partial charge in [-0.2, -0.15) is 0 Å². The highest BCUT2D eigenvalue weighted by molar-refractivity contribution is 5.81. The maximum absolute atomic E-state index is 12.4. The van der Waals surface area contributed by atoms with Crippen LogP contribution in [0.3, 0.4) is 0 Å². The van der Waals surface area contributed by atoms with Gasteiger partial charge in [-0.15, -0.1) is 0 Å². The van der Waals surface area contributed by atoms with Crippen molar-refractivity contribution >= 4 is 5.91 Å². The van der Waals surface area contributed by atoms with Crippen molar-refractivity contribution < 1.29 is 14.6 Å². The van der Waals surface area contributed by atoms with Crippen LogP contribution in [0.1, 0.15) is 38.7 Å². The van der Waals surface area contributed by atoms with Gasteiger partial charge in [-0.05, 0) is 24.0 Å². The number of nitrogens with one attached hydrogen (secondary N) is 2. The first kappa shape index (κ1) is 17.8. The monoisotopic (exact) mass is 320 g/mol. The van der Waals surface area contributed by atoms with Crippen molar-refractivity contribution in [2.45, 2.75) is 45.3 Å². The zero-order chi connectivity index (χ0) is 16.8. The summed E-state index contributed by atoms with van der Waals surface area (Å²) in [5, 5.41) is 15.8. The number of carbonyl (C=O) groups is 1. The number of carbonyl (C=O) groups excluding carboxylic acids is 1. The molecule has 128 valence electrons. The lowest BCUT2D eigenvalue weighted by molar-refractivity contribution is -0.128. The van der Waals surface area contributed by atoms with E-state index in [2.05, 4.69) is 24.5 Å². The lowest BCUT2D eigenvalue weighted by Gasteiger charge is -2.22. The Morgan fingerprint density at radius 3 is 2.74 bits per heavy atom. The highest BCUT2D eigenvalue weighted by Gasteiger charge is 2.27. The van der Waals surface area contributed by atoms with E-state index in [4.69, 9.17) is 4.74 Å². The number of rotatable bonds is 7. The third-order valence-electron chi connectivity index (χ3n) is 4.32. The molecule has 3 N–H and O–H groups in total. The minimum absolute atomic E-state index is 0.0689. The number of β-amino-alcohol motifs (C(OH)–C–C–N with tert-alkyl or cyclic N) is 1. The van der Waals surface area contributed by atoms with E-state index in [1.54, 1.807) is 0 Å². The average Bonchev–Trinajstić information content (AvgIpc) is 2.95. The lowest BCUT2D eigenvalue weighted by atomic mass is 10.0. The second-order valence-electron chi connectivity index (χ2n) is 6.44. The fraction of sp³-hybridized carbons (Fsp3) is 0.611. The molecule has 5 nitrogen and oxygen atoms in total. The molecular weight excluding hydrogens is 292 g/mol. The Labute approximate surface area is 138 Å². The van der Waals surface area contributed by atoms with Gasteiger partial charge >= 0.3 is 0 Å². The van der Waals surface area contributed by atoms with Crippen molar-refractivity contribution in [3.8, 4) is 5.75 Å². The Morgan fingerprint density at radius 1 is 1.39 bits per heavy atom. The van der Waals surface area contributed by atoms with Gasteiger partial charge in [0.25, 0.3) is 5.91 Å². The van der Waals surface area contributed by atoms with E-state index in [9.17, 15) is 9.90 Å². The van der Waals surface area contributed by atoms with Gasteiger partial charge in [-0.1, -0.05) is 39.0 Å². The van der Waals surface area contributed by atoms with Crippen LogP contribution in [0.15, 0.2) is 24.3 Å². The van der Waals surface area contributed by atoms with Gasteiger partial charge in [-0.3, -0.25) is 4.79 Å². The van der Waals surface area contributed by atoms with Gasteiger partial charge < -0.3 is 20.5 Å². The van der Waals surface area contributed by atoms with Gasteiger partial charge in [0, 0.05) is 25.6 Å². The topological polar surface area (TPSA) is 70.6 Å². The molecule has 1 fully saturated rings. The molecule has 1 aliphatic rings. The molecule has 1 heterocycles. The van der Waals surface area contributed by atoms with E-state index in [1.807, 2.05) is 31.2 Å². The number of benzene rings is 1. The predicted molar refractivity (Wildman–Crippen MR) is 90.6 cm³/mol. The minimum Gasteiger partial charge on any atom is -0.480 e. The molecule has 0 bridgehead atoms. The van der Waals surface area contributed by atoms with Gasteiger partial charge in [0.2, 0.25) is 0 Å². The SMILES string of the molecule is CCC(Oc1ccccc1C(C)C)C(=O)NCC1CNCC1O. The number of hydrogen-bond acceptors (Lipinski definition) is 4. The van der Waals surface area contributed by atoms with E-state index >= 15 is 0 Å². The Balaban J connectivity index is 1.95. The minimum atomic E-state index is -0.513. The second-order valence-corrected chi connectivity index (χ2v) is 6.44. The van der Waals surface area contributed by atoms with E-state index in [-0.39, 0.29) is 11.8 Å². The van der Waals surface area contributed by atoms with Crippen molar-refractivity contribution in [2.24, 2.45) is 5.92 Å². The van der Waals surface area contributed by atoms with Crippen molar-refractivity contribution in [2.75, 3.05) is 19.6 Å². The smallest absolute Gasteiger partial charge is 0.261 e. The average molecular weight is 320 g/mol. The van der Waals surface area contributed by atoms with E-state index in [1.165, 1.54) is 0 Å². The molecule has 1 amide bonds. The molecule has 3 atom stereocenters. The molecule has 3 unspecified atom stereocenters. The van der Waals surface area contributed by atoms with Crippen LogP contribution in [0.5, 0.6) is 5.75 Å². The van der Waals surface area contributed by atoms with Crippen LogP contribution in [-0.4, -0.2) is 42.9 Å². The lowest BCUT2D eigenvalue weighted by Crippen LogP contribution is -2.42. The summed E-state index contributed by atoms with van der Waals surface area (Å²) in [7, 11) is 0. The number of aliphatic hydroxyl groups is 1. The number of aliphatic hydroxyl groups excluding tert-OH is 1. The fourth-order valence-corrected chi connectivity index (χ4v) is 2.81. The molecule has 1 aromatic carbocycles. The van der Waals surface area contributed by atoms with Crippen molar-refractivity contribution in [1.29, 1.82) is 0 Å². The molecule has 0 saturated carbocycles.